The summed E-state index contributed by atoms with van der Waals surface area (Å²) in [6.45, 7) is 0.800. The second kappa shape index (κ2) is 9.62. The van der Waals surface area contributed by atoms with Gasteiger partial charge in [0.05, 0.1) is 6.10 Å². The van der Waals surface area contributed by atoms with E-state index in [1.165, 1.54) is 0 Å². The van der Waals surface area contributed by atoms with Crippen LogP contribution in [0.5, 0.6) is 0 Å². The van der Waals surface area contributed by atoms with Crippen LogP contribution < -0.4 is 15.5 Å². The molecule has 1 aliphatic rings. The van der Waals surface area contributed by atoms with Gasteiger partial charge in [-0.25, -0.2) is 0 Å². The Hall–Kier alpha value is -3.71. The number of nitrogens with one attached hydrogen (secondary N) is 2. The van der Waals surface area contributed by atoms with Gasteiger partial charge in [0.1, 0.15) is 0 Å². The maximum absolute atomic E-state index is 12.3. The molecule has 0 aromatic heterocycles. The molecule has 0 aliphatic carbocycles. The minimum atomic E-state index is -0.797. The molecular weight excluding hydrogens is 406 g/mol. The van der Waals surface area contributed by atoms with Crippen molar-refractivity contribution in [3.8, 4) is 0 Å². The van der Waals surface area contributed by atoms with E-state index in [0.29, 0.717) is 24.3 Å². The summed E-state index contributed by atoms with van der Waals surface area (Å²) < 4.78 is 0. The number of carbonyl (C=O) groups is 3. The van der Waals surface area contributed by atoms with Crippen LogP contribution in [0.15, 0.2) is 66.7 Å². The quantitative estimate of drug-likeness (QED) is 0.522. The van der Waals surface area contributed by atoms with Gasteiger partial charge < -0.3 is 20.6 Å². The Morgan fingerprint density at radius 2 is 1.78 bits per heavy atom. The standard InChI is InChI=1S/C25H25N3O4/c29-22(21-11-3-7-17-6-1-2-10-20(17)21)13-14-26-24(31)25(32)27-18-8-4-9-19(16-18)28-15-5-12-23(28)30/h1-4,6-11,16,22,29H,5,12-15H2,(H,26,31)(H,27,32)/t22-/m1/s1. The fourth-order valence-corrected chi connectivity index (χ4v) is 3.96. The zero-order valence-corrected chi connectivity index (χ0v) is 17.6. The summed E-state index contributed by atoms with van der Waals surface area (Å²) in [5.41, 5.74) is 1.93. The van der Waals surface area contributed by atoms with Crippen LogP contribution in [0.4, 0.5) is 11.4 Å². The number of fused-ring (bicyclic) bond motifs is 1. The van der Waals surface area contributed by atoms with Crippen LogP contribution in [0.25, 0.3) is 10.8 Å². The Morgan fingerprint density at radius 3 is 2.59 bits per heavy atom. The van der Waals surface area contributed by atoms with Crippen molar-refractivity contribution < 1.29 is 19.5 Å². The summed E-state index contributed by atoms with van der Waals surface area (Å²) in [7, 11) is 0. The van der Waals surface area contributed by atoms with E-state index in [-0.39, 0.29) is 18.9 Å². The number of hydrogen-bond donors (Lipinski definition) is 3. The van der Waals surface area contributed by atoms with Gasteiger partial charge in [0, 0.05) is 30.9 Å². The summed E-state index contributed by atoms with van der Waals surface area (Å²) in [6, 6.07) is 20.4. The number of nitrogens with zero attached hydrogens (tertiary/aromatic N) is 1. The van der Waals surface area contributed by atoms with Gasteiger partial charge in [0.2, 0.25) is 5.91 Å². The molecule has 0 unspecified atom stereocenters. The van der Waals surface area contributed by atoms with E-state index in [4.69, 9.17) is 0 Å². The predicted molar refractivity (Wildman–Crippen MR) is 123 cm³/mol. The molecule has 4 rings (SSSR count). The third kappa shape index (κ3) is 4.78. The van der Waals surface area contributed by atoms with E-state index in [1.54, 1.807) is 29.2 Å². The van der Waals surface area contributed by atoms with Crippen LogP contribution in [0.1, 0.15) is 30.9 Å². The van der Waals surface area contributed by atoms with Crippen molar-refractivity contribution in [3.63, 3.8) is 0 Å². The SMILES string of the molecule is O=C(NCC[C@@H](O)c1cccc2ccccc12)C(=O)Nc1cccc(N2CCCC2=O)c1. The zero-order valence-electron chi connectivity index (χ0n) is 17.6. The summed E-state index contributed by atoms with van der Waals surface area (Å²) in [5, 5.41) is 17.7. The third-order valence-corrected chi connectivity index (χ3v) is 5.58. The Kier molecular flexibility index (Phi) is 6.47. The molecule has 3 aromatic carbocycles. The fraction of sp³-hybridized carbons (Fsp3) is 0.240. The van der Waals surface area contributed by atoms with Crippen LogP contribution in [0, 0.1) is 0 Å². The molecule has 1 aliphatic heterocycles. The van der Waals surface area contributed by atoms with E-state index in [2.05, 4.69) is 10.6 Å². The molecule has 1 fully saturated rings. The predicted octanol–water partition coefficient (Wildman–Crippen LogP) is 3.15. The first-order chi connectivity index (χ1) is 15.5. The molecule has 164 valence electrons. The molecule has 3 aromatic rings. The summed E-state index contributed by atoms with van der Waals surface area (Å²) >= 11 is 0. The van der Waals surface area contributed by atoms with Crippen molar-refractivity contribution in [2.45, 2.75) is 25.4 Å². The van der Waals surface area contributed by atoms with Gasteiger partial charge in [-0.1, -0.05) is 48.5 Å². The van der Waals surface area contributed by atoms with Gasteiger partial charge in [-0.2, -0.15) is 0 Å². The Bertz CT molecular complexity index is 1160. The molecule has 3 amide bonds. The van der Waals surface area contributed by atoms with Gasteiger partial charge in [0.15, 0.2) is 0 Å². The molecule has 0 radical (unpaired) electrons. The highest BCUT2D eigenvalue weighted by atomic mass is 16.3. The average Bonchev–Trinajstić information content (AvgIpc) is 3.24. The van der Waals surface area contributed by atoms with Gasteiger partial charge >= 0.3 is 11.8 Å². The maximum atomic E-state index is 12.3. The molecule has 0 spiro atoms. The largest absolute Gasteiger partial charge is 0.388 e. The van der Waals surface area contributed by atoms with Gasteiger partial charge in [-0.15, -0.1) is 0 Å². The number of aliphatic hydroxyl groups is 1. The van der Waals surface area contributed by atoms with Crippen molar-refractivity contribution in [2.75, 3.05) is 23.3 Å². The van der Waals surface area contributed by atoms with Crippen molar-refractivity contribution in [2.24, 2.45) is 0 Å². The first kappa shape index (κ1) is 21.5. The lowest BCUT2D eigenvalue weighted by atomic mass is 9.99. The number of rotatable bonds is 6. The number of anilines is 2. The Balaban J connectivity index is 1.31. The summed E-state index contributed by atoms with van der Waals surface area (Å²) in [5.74, 6) is -1.52. The number of benzene rings is 3. The lowest BCUT2D eigenvalue weighted by Gasteiger charge is -2.17. The normalized spacial score (nSPS) is 14.4. The van der Waals surface area contributed by atoms with E-state index in [1.807, 2.05) is 42.5 Å². The number of hydrogen-bond acceptors (Lipinski definition) is 4. The van der Waals surface area contributed by atoms with E-state index in [9.17, 15) is 19.5 Å². The van der Waals surface area contributed by atoms with E-state index >= 15 is 0 Å². The smallest absolute Gasteiger partial charge is 0.313 e. The fourth-order valence-electron chi connectivity index (χ4n) is 3.96. The molecule has 7 heteroatoms. The molecule has 1 heterocycles. The Morgan fingerprint density at radius 1 is 1.00 bits per heavy atom. The minimum absolute atomic E-state index is 0.0518. The maximum Gasteiger partial charge on any atom is 0.313 e. The highest BCUT2D eigenvalue weighted by Gasteiger charge is 2.22. The van der Waals surface area contributed by atoms with Crippen LogP contribution in [0.3, 0.4) is 0 Å². The van der Waals surface area contributed by atoms with Crippen molar-refractivity contribution in [1.29, 1.82) is 0 Å². The number of amides is 3. The lowest BCUT2D eigenvalue weighted by Crippen LogP contribution is -2.36. The number of aliphatic hydroxyl groups excluding tert-OH is 1. The molecule has 0 bridgehead atoms. The van der Waals surface area contributed by atoms with Gasteiger partial charge in [0.25, 0.3) is 0 Å². The molecule has 32 heavy (non-hydrogen) atoms. The molecule has 3 N–H and O–H groups in total. The second-order valence-corrected chi connectivity index (χ2v) is 7.78. The molecule has 1 atom stereocenters. The van der Waals surface area contributed by atoms with E-state index < -0.39 is 17.9 Å². The highest BCUT2D eigenvalue weighted by molar-refractivity contribution is 6.39. The second-order valence-electron chi connectivity index (χ2n) is 7.78. The van der Waals surface area contributed by atoms with E-state index in [0.717, 1.165) is 22.8 Å². The lowest BCUT2D eigenvalue weighted by molar-refractivity contribution is -0.136. The first-order valence-electron chi connectivity index (χ1n) is 10.7. The third-order valence-electron chi connectivity index (χ3n) is 5.58. The van der Waals surface area contributed by atoms with Crippen LogP contribution in [0.2, 0.25) is 0 Å². The minimum Gasteiger partial charge on any atom is -0.388 e. The summed E-state index contributed by atoms with van der Waals surface area (Å²) in [6.07, 6.45) is 0.838. The zero-order chi connectivity index (χ0) is 22.5. The monoisotopic (exact) mass is 431 g/mol. The van der Waals surface area contributed by atoms with Crippen molar-refractivity contribution in [1.82, 2.24) is 5.32 Å². The van der Waals surface area contributed by atoms with Crippen molar-refractivity contribution >= 4 is 39.9 Å². The van der Waals surface area contributed by atoms with Crippen LogP contribution >= 0.6 is 0 Å². The van der Waals surface area contributed by atoms with Gasteiger partial charge in [-0.3, -0.25) is 14.4 Å². The summed E-state index contributed by atoms with van der Waals surface area (Å²) in [4.78, 5) is 38.1. The van der Waals surface area contributed by atoms with Gasteiger partial charge in [-0.05, 0) is 47.4 Å². The molecule has 0 saturated carbocycles. The highest BCUT2D eigenvalue weighted by Crippen LogP contribution is 2.26. The molecule has 1 saturated heterocycles. The topological polar surface area (TPSA) is 98.7 Å². The van der Waals surface area contributed by atoms with Crippen molar-refractivity contribution in [3.05, 3.63) is 72.3 Å². The number of carbonyl (C=O) groups excluding carboxylic acids is 3. The molecular formula is C25H25N3O4. The van der Waals surface area contributed by atoms with Crippen LogP contribution in [-0.4, -0.2) is 35.9 Å². The Labute approximate surface area is 186 Å². The molecule has 7 nitrogen and oxygen atoms in total. The van der Waals surface area contributed by atoms with Crippen LogP contribution in [-0.2, 0) is 14.4 Å². The first-order valence-corrected chi connectivity index (χ1v) is 10.7. The average molecular weight is 431 g/mol.